The first-order valence-corrected chi connectivity index (χ1v) is 5.97. The molecule has 2 heterocycles. The average Bonchev–Trinajstić information content (AvgIpc) is 2.27. The van der Waals surface area contributed by atoms with Crippen molar-refractivity contribution in [2.24, 2.45) is 5.92 Å². The molecule has 1 fully saturated rings. The molecular weight excluding hydrogens is 219 g/mol. The van der Waals surface area contributed by atoms with Gasteiger partial charge in [-0.1, -0.05) is 0 Å². The van der Waals surface area contributed by atoms with E-state index in [0.29, 0.717) is 5.92 Å². The summed E-state index contributed by atoms with van der Waals surface area (Å²) in [6.45, 7) is 5.69. The molecule has 0 spiro atoms. The third-order valence-electron chi connectivity index (χ3n) is 3.06. The van der Waals surface area contributed by atoms with Crippen molar-refractivity contribution in [1.82, 2.24) is 4.98 Å². The third kappa shape index (κ3) is 3.40. The van der Waals surface area contributed by atoms with Gasteiger partial charge in [0.2, 0.25) is 0 Å². The summed E-state index contributed by atoms with van der Waals surface area (Å²) in [6.07, 6.45) is 4.62. The number of anilines is 1. The molecule has 0 aromatic carbocycles. The number of aromatic nitrogens is 1. The van der Waals surface area contributed by atoms with Gasteiger partial charge in [-0.2, -0.15) is 0 Å². The maximum Gasteiger partial charge on any atom is 0.165 e. The SMILES string of the molecule is CC1(C)CC(CNc2n[c]ccc2F)CCO1. The second kappa shape index (κ2) is 5.00. The molecule has 0 aliphatic carbocycles. The minimum Gasteiger partial charge on any atom is -0.376 e. The summed E-state index contributed by atoms with van der Waals surface area (Å²) in [5.74, 6) is 0.465. The van der Waals surface area contributed by atoms with Gasteiger partial charge in [0.1, 0.15) is 0 Å². The number of nitrogens with zero attached hydrogens (tertiary/aromatic N) is 1. The Morgan fingerprint density at radius 2 is 2.47 bits per heavy atom. The van der Waals surface area contributed by atoms with Crippen LogP contribution in [-0.4, -0.2) is 23.7 Å². The summed E-state index contributed by atoms with van der Waals surface area (Å²) in [6, 6.07) is 2.83. The summed E-state index contributed by atoms with van der Waals surface area (Å²) in [4.78, 5) is 3.86. The van der Waals surface area contributed by atoms with Gasteiger partial charge in [-0.05, 0) is 44.7 Å². The number of pyridine rings is 1. The Balaban J connectivity index is 1.88. The Morgan fingerprint density at radius 3 is 3.18 bits per heavy atom. The van der Waals surface area contributed by atoms with E-state index in [1.807, 2.05) is 0 Å². The number of hydrogen-bond acceptors (Lipinski definition) is 3. The predicted octanol–water partition coefficient (Wildman–Crippen LogP) is 2.64. The van der Waals surface area contributed by atoms with E-state index < -0.39 is 0 Å². The Hall–Kier alpha value is -1.16. The molecule has 0 amide bonds. The van der Waals surface area contributed by atoms with Gasteiger partial charge >= 0.3 is 0 Å². The molecule has 2 rings (SSSR count). The largest absolute Gasteiger partial charge is 0.376 e. The lowest BCUT2D eigenvalue weighted by Gasteiger charge is -2.35. The molecule has 1 radical (unpaired) electrons. The van der Waals surface area contributed by atoms with Crippen LogP contribution in [-0.2, 0) is 4.74 Å². The van der Waals surface area contributed by atoms with Crippen molar-refractivity contribution >= 4 is 5.82 Å². The van der Waals surface area contributed by atoms with Gasteiger partial charge < -0.3 is 10.1 Å². The van der Waals surface area contributed by atoms with Crippen molar-refractivity contribution < 1.29 is 9.13 Å². The van der Waals surface area contributed by atoms with Crippen LogP contribution < -0.4 is 5.32 Å². The van der Waals surface area contributed by atoms with Crippen LogP contribution >= 0.6 is 0 Å². The maximum absolute atomic E-state index is 13.3. The van der Waals surface area contributed by atoms with Crippen molar-refractivity contribution in [1.29, 1.82) is 0 Å². The second-order valence-electron chi connectivity index (χ2n) is 5.12. The fraction of sp³-hybridized carbons (Fsp3) is 0.615. The zero-order valence-corrected chi connectivity index (χ0v) is 10.3. The first-order chi connectivity index (χ1) is 8.07. The molecular formula is C13H18FN2O. The lowest BCUT2D eigenvalue weighted by Crippen LogP contribution is -2.36. The summed E-state index contributed by atoms with van der Waals surface area (Å²) in [5.41, 5.74) is -0.0701. The number of nitrogens with one attached hydrogen (secondary N) is 1. The van der Waals surface area contributed by atoms with Crippen LogP contribution in [0.3, 0.4) is 0 Å². The van der Waals surface area contributed by atoms with Gasteiger partial charge in [-0.25, -0.2) is 9.37 Å². The normalized spacial score (nSPS) is 23.4. The highest BCUT2D eigenvalue weighted by Crippen LogP contribution is 2.28. The van der Waals surface area contributed by atoms with E-state index in [4.69, 9.17) is 4.74 Å². The highest BCUT2D eigenvalue weighted by atomic mass is 19.1. The van der Waals surface area contributed by atoms with E-state index in [1.54, 1.807) is 0 Å². The van der Waals surface area contributed by atoms with Gasteiger partial charge in [-0.3, -0.25) is 0 Å². The fourth-order valence-electron chi connectivity index (χ4n) is 2.24. The standard InChI is InChI=1S/C13H18FN2O/c1-13(2)8-10(5-7-17-13)9-16-12-11(14)4-3-6-15-12/h3-4,10H,5,7-9H2,1-2H3,(H,15,16). The van der Waals surface area contributed by atoms with E-state index >= 15 is 0 Å². The molecule has 1 aliphatic heterocycles. The second-order valence-corrected chi connectivity index (χ2v) is 5.12. The van der Waals surface area contributed by atoms with Gasteiger partial charge in [0.25, 0.3) is 0 Å². The third-order valence-corrected chi connectivity index (χ3v) is 3.06. The van der Waals surface area contributed by atoms with Gasteiger partial charge in [0, 0.05) is 13.2 Å². The molecule has 0 saturated carbocycles. The average molecular weight is 237 g/mol. The topological polar surface area (TPSA) is 34.2 Å². The molecule has 17 heavy (non-hydrogen) atoms. The Labute approximate surface area is 101 Å². The van der Waals surface area contributed by atoms with Crippen molar-refractivity contribution in [2.45, 2.75) is 32.3 Å². The number of hydrogen-bond donors (Lipinski definition) is 1. The first kappa shape index (κ1) is 12.3. The number of ether oxygens (including phenoxy) is 1. The van der Waals surface area contributed by atoms with E-state index in [2.05, 4.69) is 30.3 Å². The van der Waals surface area contributed by atoms with E-state index in [1.165, 1.54) is 12.1 Å². The van der Waals surface area contributed by atoms with Crippen molar-refractivity contribution in [3.63, 3.8) is 0 Å². The van der Waals surface area contributed by atoms with Gasteiger partial charge in [0.15, 0.2) is 11.6 Å². The van der Waals surface area contributed by atoms with Crippen LogP contribution in [0.25, 0.3) is 0 Å². The molecule has 3 nitrogen and oxygen atoms in total. The predicted molar refractivity (Wildman–Crippen MR) is 64.3 cm³/mol. The van der Waals surface area contributed by atoms with Crippen LogP contribution in [0, 0.1) is 17.9 Å². The summed E-state index contributed by atoms with van der Waals surface area (Å²) in [5, 5.41) is 3.05. The summed E-state index contributed by atoms with van der Waals surface area (Å²) >= 11 is 0. The zero-order chi connectivity index (χ0) is 12.3. The highest BCUT2D eigenvalue weighted by molar-refractivity contribution is 5.35. The maximum atomic E-state index is 13.3. The molecule has 1 aliphatic rings. The Bertz CT molecular complexity index is 381. The molecule has 4 heteroatoms. The lowest BCUT2D eigenvalue weighted by atomic mass is 9.88. The molecule has 93 valence electrons. The molecule has 1 aromatic heterocycles. The highest BCUT2D eigenvalue weighted by Gasteiger charge is 2.28. The molecule has 1 aromatic rings. The van der Waals surface area contributed by atoms with E-state index in [-0.39, 0.29) is 17.2 Å². The smallest absolute Gasteiger partial charge is 0.165 e. The van der Waals surface area contributed by atoms with Crippen molar-refractivity contribution in [2.75, 3.05) is 18.5 Å². The number of halogens is 1. The lowest BCUT2D eigenvalue weighted by molar-refractivity contribution is -0.0699. The van der Waals surface area contributed by atoms with Crippen molar-refractivity contribution in [3.05, 3.63) is 24.1 Å². The van der Waals surface area contributed by atoms with Crippen LogP contribution in [0.1, 0.15) is 26.7 Å². The molecule has 1 N–H and O–H groups in total. The van der Waals surface area contributed by atoms with Crippen LogP contribution in [0.5, 0.6) is 0 Å². The first-order valence-electron chi connectivity index (χ1n) is 5.97. The summed E-state index contributed by atoms with van der Waals surface area (Å²) in [7, 11) is 0. The Kier molecular flexibility index (Phi) is 3.62. The molecule has 1 atom stereocenters. The monoisotopic (exact) mass is 237 g/mol. The van der Waals surface area contributed by atoms with Crippen LogP contribution in [0.2, 0.25) is 0 Å². The van der Waals surface area contributed by atoms with Gasteiger partial charge in [-0.15, -0.1) is 0 Å². The summed E-state index contributed by atoms with van der Waals surface area (Å²) < 4.78 is 19.0. The fourth-order valence-corrected chi connectivity index (χ4v) is 2.24. The number of rotatable bonds is 3. The van der Waals surface area contributed by atoms with Crippen LogP contribution in [0.15, 0.2) is 12.1 Å². The molecule has 0 bridgehead atoms. The molecule has 1 saturated heterocycles. The quantitative estimate of drug-likeness (QED) is 0.877. The minimum absolute atomic E-state index is 0.0701. The van der Waals surface area contributed by atoms with Crippen LogP contribution in [0.4, 0.5) is 10.2 Å². The van der Waals surface area contributed by atoms with Gasteiger partial charge in [0.05, 0.1) is 11.8 Å². The van der Waals surface area contributed by atoms with Crippen molar-refractivity contribution in [3.8, 4) is 0 Å². The van der Waals surface area contributed by atoms with E-state index in [9.17, 15) is 4.39 Å². The zero-order valence-electron chi connectivity index (χ0n) is 10.3. The minimum atomic E-state index is -0.324. The Morgan fingerprint density at radius 1 is 1.65 bits per heavy atom. The molecule has 1 unspecified atom stereocenters. The van der Waals surface area contributed by atoms with E-state index in [0.717, 1.165) is 26.0 Å².